The first-order valence-electron chi connectivity index (χ1n) is 11.8. The second kappa shape index (κ2) is 8.56. The van der Waals surface area contributed by atoms with Crippen molar-refractivity contribution in [3.63, 3.8) is 0 Å². The van der Waals surface area contributed by atoms with Gasteiger partial charge in [0.15, 0.2) is 0 Å². The van der Waals surface area contributed by atoms with Crippen LogP contribution in [-0.2, 0) is 20.3 Å². The molecule has 0 aliphatic carbocycles. The number of benzene rings is 3. The molecular weight excluding hydrogens is 438 g/mol. The Balaban J connectivity index is 2.22. The van der Waals surface area contributed by atoms with E-state index in [1.807, 2.05) is 4.57 Å². The van der Waals surface area contributed by atoms with Crippen molar-refractivity contribution >= 4 is 33.7 Å². The summed E-state index contributed by atoms with van der Waals surface area (Å²) in [5.74, 6) is -1.03. The van der Waals surface area contributed by atoms with Gasteiger partial charge in [-0.2, -0.15) is 0 Å². The van der Waals surface area contributed by atoms with E-state index in [0.29, 0.717) is 16.8 Å². The number of para-hydroxylation sites is 1. The van der Waals surface area contributed by atoms with Gasteiger partial charge in [0.25, 0.3) is 0 Å². The fourth-order valence-electron chi connectivity index (χ4n) is 4.53. The second-order valence-electron chi connectivity index (χ2n) is 11.0. The Kier molecular flexibility index (Phi) is 6.00. The number of fused-ring (bicyclic) bond motifs is 3. The fourth-order valence-corrected chi connectivity index (χ4v) is 4.53. The van der Waals surface area contributed by atoms with E-state index in [-0.39, 0.29) is 10.8 Å². The molecule has 4 rings (SSSR count). The largest absolute Gasteiger partial charge is 0.465 e. The Morgan fingerprint density at radius 3 is 1.40 bits per heavy atom. The predicted molar refractivity (Wildman–Crippen MR) is 141 cm³/mol. The maximum atomic E-state index is 12.8. The van der Waals surface area contributed by atoms with Gasteiger partial charge in [0.05, 0.1) is 42.1 Å². The minimum Gasteiger partial charge on any atom is -0.465 e. The van der Waals surface area contributed by atoms with Gasteiger partial charge in [-0.15, -0.1) is 0 Å². The lowest BCUT2D eigenvalue weighted by atomic mass is 9.85. The molecule has 0 saturated heterocycles. The fraction of sp³-hybridized carbons (Fsp3) is 0.333. The van der Waals surface area contributed by atoms with Crippen molar-refractivity contribution in [3.05, 3.63) is 76.9 Å². The maximum Gasteiger partial charge on any atom is 0.340 e. The molecule has 0 aliphatic heterocycles. The highest BCUT2D eigenvalue weighted by atomic mass is 16.5. The van der Waals surface area contributed by atoms with Crippen LogP contribution in [0.4, 0.5) is 0 Å². The van der Waals surface area contributed by atoms with E-state index in [1.54, 1.807) is 18.2 Å². The summed E-state index contributed by atoms with van der Waals surface area (Å²) in [5, 5.41) is 2.13. The van der Waals surface area contributed by atoms with Crippen LogP contribution in [0.15, 0.2) is 54.6 Å². The SMILES string of the molecule is COC(=O)c1cccc(C(=O)OC)c1-n1c2ccc(C(C)(C)C)cc2c2cc(C(C)(C)C)ccc21. The van der Waals surface area contributed by atoms with Gasteiger partial charge in [0.1, 0.15) is 0 Å². The zero-order chi connectivity index (χ0) is 25.7. The number of nitrogens with zero attached hydrogens (tertiary/aromatic N) is 1. The molecule has 0 aliphatic rings. The lowest BCUT2D eigenvalue weighted by Crippen LogP contribution is -2.15. The highest BCUT2D eigenvalue weighted by Crippen LogP contribution is 2.39. The molecule has 0 amide bonds. The molecule has 35 heavy (non-hydrogen) atoms. The molecule has 4 aromatic rings. The summed E-state index contributed by atoms with van der Waals surface area (Å²) in [7, 11) is 2.68. The van der Waals surface area contributed by atoms with Crippen molar-refractivity contribution in [1.29, 1.82) is 0 Å². The third-order valence-electron chi connectivity index (χ3n) is 6.57. The summed E-state index contributed by atoms with van der Waals surface area (Å²) in [6, 6.07) is 17.8. The minimum atomic E-state index is -0.515. The van der Waals surface area contributed by atoms with Crippen molar-refractivity contribution in [2.45, 2.75) is 52.4 Å². The van der Waals surface area contributed by atoms with Crippen LogP contribution in [0.2, 0.25) is 0 Å². The third kappa shape index (κ3) is 4.20. The van der Waals surface area contributed by atoms with Gasteiger partial charge in [-0.25, -0.2) is 9.59 Å². The molecule has 1 aromatic heterocycles. The van der Waals surface area contributed by atoms with E-state index in [0.717, 1.165) is 21.8 Å². The van der Waals surface area contributed by atoms with Crippen molar-refractivity contribution < 1.29 is 19.1 Å². The van der Waals surface area contributed by atoms with E-state index in [2.05, 4.69) is 77.9 Å². The summed E-state index contributed by atoms with van der Waals surface area (Å²) in [5.41, 5.74) is 5.21. The first-order chi connectivity index (χ1) is 16.4. The van der Waals surface area contributed by atoms with E-state index in [4.69, 9.17) is 9.47 Å². The lowest BCUT2D eigenvalue weighted by molar-refractivity contribution is 0.0599. The first-order valence-corrected chi connectivity index (χ1v) is 11.8. The molecule has 0 atom stereocenters. The lowest BCUT2D eigenvalue weighted by Gasteiger charge is -2.19. The summed E-state index contributed by atoms with van der Waals surface area (Å²) in [6.45, 7) is 13.1. The number of hydrogen-bond donors (Lipinski definition) is 0. The molecule has 0 bridgehead atoms. The van der Waals surface area contributed by atoms with Crippen molar-refractivity contribution in [3.8, 4) is 5.69 Å². The Morgan fingerprint density at radius 1 is 0.657 bits per heavy atom. The average Bonchev–Trinajstić information content (AvgIpc) is 3.14. The van der Waals surface area contributed by atoms with Gasteiger partial charge < -0.3 is 14.0 Å². The molecule has 0 unspecified atom stereocenters. The Labute approximate surface area is 206 Å². The minimum absolute atomic E-state index is 0.0364. The molecule has 182 valence electrons. The number of esters is 2. The van der Waals surface area contributed by atoms with Crippen molar-refractivity contribution in [2.24, 2.45) is 0 Å². The van der Waals surface area contributed by atoms with Crippen molar-refractivity contribution in [2.75, 3.05) is 14.2 Å². The highest BCUT2D eigenvalue weighted by molar-refractivity contribution is 6.12. The van der Waals surface area contributed by atoms with E-state index in [1.165, 1.54) is 25.3 Å². The normalized spacial score (nSPS) is 12.2. The number of rotatable bonds is 3. The molecule has 0 radical (unpaired) electrons. The van der Waals surface area contributed by atoms with Gasteiger partial charge in [-0.3, -0.25) is 0 Å². The molecule has 1 heterocycles. The number of carbonyl (C=O) groups excluding carboxylic acids is 2. The Hall–Kier alpha value is -3.60. The quantitative estimate of drug-likeness (QED) is 0.303. The van der Waals surface area contributed by atoms with Crippen LogP contribution in [0.1, 0.15) is 73.4 Å². The Bertz CT molecular complexity index is 1360. The molecule has 3 aromatic carbocycles. The highest BCUT2D eigenvalue weighted by Gasteiger charge is 2.26. The van der Waals surface area contributed by atoms with Gasteiger partial charge in [-0.05, 0) is 58.4 Å². The number of carbonyl (C=O) groups is 2. The van der Waals surface area contributed by atoms with Crippen LogP contribution < -0.4 is 0 Å². The molecule has 0 spiro atoms. The molecule has 0 saturated carbocycles. The van der Waals surface area contributed by atoms with Gasteiger partial charge >= 0.3 is 11.9 Å². The van der Waals surface area contributed by atoms with E-state index in [9.17, 15) is 9.59 Å². The molecule has 5 heteroatoms. The van der Waals surface area contributed by atoms with Crippen LogP contribution in [0, 0.1) is 0 Å². The van der Waals surface area contributed by atoms with Crippen LogP contribution in [0.3, 0.4) is 0 Å². The average molecular weight is 472 g/mol. The summed E-state index contributed by atoms with van der Waals surface area (Å²) < 4.78 is 12.2. The Morgan fingerprint density at radius 2 is 1.06 bits per heavy atom. The molecular formula is C30H33NO4. The van der Waals surface area contributed by atoms with Gasteiger partial charge in [0, 0.05) is 10.8 Å². The maximum absolute atomic E-state index is 12.8. The molecule has 0 N–H and O–H groups in total. The van der Waals surface area contributed by atoms with Gasteiger partial charge in [0.2, 0.25) is 0 Å². The smallest absolute Gasteiger partial charge is 0.340 e. The van der Waals surface area contributed by atoms with Crippen LogP contribution in [-0.4, -0.2) is 30.7 Å². The third-order valence-corrected chi connectivity index (χ3v) is 6.57. The van der Waals surface area contributed by atoms with E-state index < -0.39 is 11.9 Å². The van der Waals surface area contributed by atoms with Crippen LogP contribution in [0.5, 0.6) is 0 Å². The zero-order valence-electron chi connectivity index (χ0n) is 21.8. The summed E-state index contributed by atoms with van der Waals surface area (Å²) in [4.78, 5) is 25.7. The first kappa shape index (κ1) is 24.5. The summed E-state index contributed by atoms with van der Waals surface area (Å²) >= 11 is 0. The van der Waals surface area contributed by atoms with Crippen molar-refractivity contribution in [1.82, 2.24) is 4.57 Å². The van der Waals surface area contributed by atoms with Crippen LogP contribution >= 0.6 is 0 Å². The topological polar surface area (TPSA) is 57.5 Å². The second-order valence-corrected chi connectivity index (χ2v) is 11.0. The zero-order valence-corrected chi connectivity index (χ0v) is 21.8. The number of methoxy groups -OCH3 is 2. The number of ether oxygens (including phenoxy) is 2. The summed E-state index contributed by atoms with van der Waals surface area (Å²) in [6.07, 6.45) is 0. The number of hydrogen-bond acceptors (Lipinski definition) is 4. The van der Waals surface area contributed by atoms with Crippen LogP contribution in [0.25, 0.3) is 27.5 Å². The molecule has 0 fully saturated rings. The van der Waals surface area contributed by atoms with E-state index >= 15 is 0 Å². The standard InChI is InChI=1S/C30H33NO4/c1-29(2,3)18-12-14-24-22(16-18)23-17-19(30(4,5)6)13-15-25(23)31(24)26-20(27(32)34-7)10-9-11-21(26)28(33)35-8/h9-17H,1-8H3. The monoisotopic (exact) mass is 471 g/mol. The van der Waals surface area contributed by atoms with Gasteiger partial charge in [-0.1, -0.05) is 59.7 Å². The predicted octanol–water partition coefficient (Wildman–Crippen LogP) is 6.95. The number of aromatic nitrogens is 1. The molecule has 5 nitrogen and oxygen atoms in total.